The van der Waals surface area contributed by atoms with Crippen molar-refractivity contribution in [3.8, 4) is 5.75 Å². The van der Waals surface area contributed by atoms with Crippen LogP contribution in [-0.2, 0) is 22.6 Å². The van der Waals surface area contributed by atoms with Crippen molar-refractivity contribution >= 4 is 17.4 Å². The van der Waals surface area contributed by atoms with E-state index in [2.05, 4.69) is 0 Å². The van der Waals surface area contributed by atoms with Crippen molar-refractivity contribution in [2.24, 2.45) is 0 Å². The van der Waals surface area contributed by atoms with Crippen LogP contribution >= 0.6 is 0 Å². The Hall–Kier alpha value is -3.86. The van der Waals surface area contributed by atoms with Crippen LogP contribution in [0.15, 0.2) is 78.4 Å². The number of rotatable bonds is 4. The number of carbonyl (C=O) groups excluding carboxylic acids is 2. The number of carbonyl (C=O) groups is 2. The summed E-state index contributed by atoms with van der Waals surface area (Å²) in [4.78, 5) is 27.9. The molecule has 0 radical (unpaired) electrons. The Kier molecular flexibility index (Phi) is 5.25. The molecule has 0 aromatic heterocycles. The third-order valence-electron chi connectivity index (χ3n) is 6.30. The number of aliphatic hydroxyl groups excluding tert-OH is 1. The van der Waals surface area contributed by atoms with E-state index in [0.717, 1.165) is 34.4 Å². The summed E-state index contributed by atoms with van der Waals surface area (Å²) in [6, 6.07) is 22.0. The van der Waals surface area contributed by atoms with Gasteiger partial charge in [0.25, 0.3) is 11.7 Å². The van der Waals surface area contributed by atoms with Crippen molar-refractivity contribution in [3.05, 3.63) is 106 Å². The lowest BCUT2D eigenvalue weighted by Gasteiger charge is -2.25. The Morgan fingerprint density at radius 2 is 1.76 bits per heavy atom. The third-order valence-corrected chi connectivity index (χ3v) is 6.30. The van der Waals surface area contributed by atoms with E-state index < -0.39 is 17.7 Å². The molecular formula is C28H25NO4. The van der Waals surface area contributed by atoms with E-state index in [1.54, 1.807) is 11.0 Å². The van der Waals surface area contributed by atoms with Crippen molar-refractivity contribution < 1.29 is 19.4 Å². The van der Waals surface area contributed by atoms with Gasteiger partial charge in [-0.05, 0) is 48.7 Å². The monoisotopic (exact) mass is 439 g/mol. The van der Waals surface area contributed by atoms with Crippen molar-refractivity contribution in [2.45, 2.75) is 39.0 Å². The third kappa shape index (κ3) is 3.80. The average molecular weight is 440 g/mol. The Morgan fingerprint density at radius 3 is 2.48 bits per heavy atom. The number of nitrogens with zero attached hydrogens (tertiary/aromatic N) is 1. The molecule has 3 aromatic carbocycles. The molecule has 0 unspecified atom stereocenters. The zero-order valence-electron chi connectivity index (χ0n) is 18.6. The zero-order chi connectivity index (χ0) is 23.1. The lowest BCUT2D eigenvalue weighted by Crippen LogP contribution is -2.29. The van der Waals surface area contributed by atoms with Gasteiger partial charge in [-0.3, -0.25) is 9.59 Å². The Bertz CT molecular complexity index is 1260. The molecule has 0 aliphatic carbocycles. The van der Waals surface area contributed by atoms with Gasteiger partial charge in [0.05, 0.1) is 11.6 Å². The summed E-state index contributed by atoms with van der Waals surface area (Å²) in [6.45, 7) is 4.25. The van der Waals surface area contributed by atoms with Gasteiger partial charge in [0.15, 0.2) is 0 Å². The molecule has 0 spiro atoms. The van der Waals surface area contributed by atoms with Crippen LogP contribution in [0.2, 0.25) is 0 Å². The molecule has 166 valence electrons. The molecule has 0 saturated carbocycles. The first-order valence-electron chi connectivity index (χ1n) is 11.1. The number of aliphatic hydroxyl groups is 1. The molecule has 2 aliphatic rings. The van der Waals surface area contributed by atoms with E-state index in [9.17, 15) is 14.7 Å². The number of hydrogen-bond acceptors (Lipinski definition) is 4. The molecule has 0 bridgehead atoms. The second-order valence-corrected chi connectivity index (χ2v) is 8.78. The number of benzene rings is 3. The Balaban J connectivity index is 1.62. The normalized spacial score (nSPS) is 21.2. The fourth-order valence-electron chi connectivity index (χ4n) is 4.64. The molecule has 5 heteroatoms. The summed E-state index contributed by atoms with van der Waals surface area (Å²) in [7, 11) is 0. The largest absolute Gasteiger partial charge is 0.507 e. The molecule has 1 fully saturated rings. The number of amides is 1. The van der Waals surface area contributed by atoms with Gasteiger partial charge in [-0.2, -0.15) is 0 Å². The van der Waals surface area contributed by atoms with E-state index in [1.165, 1.54) is 0 Å². The van der Waals surface area contributed by atoms with E-state index >= 15 is 0 Å². The van der Waals surface area contributed by atoms with Gasteiger partial charge in [-0.25, -0.2) is 0 Å². The quantitative estimate of drug-likeness (QED) is 0.355. The lowest BCUT2D eigenvalue weighted by atomic mass is 9.94. The van der Waals surface area contributed by atoms with Gasteiger partial charge in [0.2, 0.25) is 0 Å². The number of ketones is 1. The minimum Gasteiger partial charge on any atom is -0.507 e. The number of Topliss-reactive ketones (excluding diaryl/α,β-unsaturated/α-hetero) is 1. The van der Waals surface area contributed by atoms with Crippen LogP contribution in [-0.4, -0.2) is 27.8 Å². The molecule has 2 heterocycles. The number of likely N-dealkylation sites (tertiary alicyclic amines) is 1. The second kappa shape index (κ2) is 8.24. The summed E-state index contributed by atoms with van der Waals surface area (Å²) in [5.41, 5.74) is 4.40. The summed E-state index contributed by atoms with van der Waals surface area (Å²) in [5, 5.41) is 11.3. The first-order valence-corrected chi connectivity index (χ1v) is 11.1. The van der Waals surface area contributed by atoms with Crippen molar-refractivity contribution in [1.82, 2.24) is 4.90 Å². The van der Waals surface area contributed by atoms with Crippen LogP contribution in [0.3, 0.4) is 0 Å². The number of fused-ring (bicyclic) bond motifs is 1. The summed E-state index contributed by atoms with van der Waals surface area (Å²) in [6.07, 6.45) is 0.807. The summed E-state index contributed by atoms with van der Waals surface area (Å²) < 4.78 is 5.76. The zero-order valence-corrected chi connectivity index (χ0v) is 18.6. The molecule has 1 saturated heterocycles. The molecule has 3 aromatic rings. The van der Waals surface area contributed by atoms with E-state index in [1.807, 2.05) is 80.6 Å². The topological polar surface area (TPSA) is 66.8 Å². The maximum Gasteiger partial charge on any atom is 0.295 e. The highest BCUT2D eigenvalue weighted by Gasteiger charge is 2.46. The highest BCUT2D eigenvalue weighted by atomic mass is 16.5. The molecule has 2 aliphatic heterocycles. The molecule has 1 amide bonds. The number of hydrogen-bond donors (Lipinski definition) is 1. The lowest BCUT2D eigenvalue weighted by molar-refractivity contribution is -0.140. The first kappa shape index (κ1) is 21.0. The fourth-order valence-corrected chi connectivity index (χ4v) is 4.64. The molecule has 2 atom stereocenters. The highest BCUT2D eigenvalue weighted by Crippen LogP contribution is 2.41. The highest BCUT2D eigenvalue weighted by molar-refractivity contribution is 6.46. The van der Waals surface area contributed by atoms with E-state index in [-0.39, 0.29) is 24.0 Å². The molecular weight excluding hydrogens is 414 g/mol. The average Bonchev–Trinajstić information content (AvgIpc) is 3.31. The minimum atomic E-state index is -0.672. The van der Waals surface area contributed by atoms with Crippen LogP contribution in [0, 0.1) is 6.92 Å². The summed E-state index contributed by atoms with van der Waals surface area (Å²) >= 11 is 0. The van der Waals surface area contributed by atoms with Crippen molar-refractivity contribution in [1.29, 1.82) is 0 Å². The molecule has 5 nitrogen and oxygen atoms in total. The number of aryl methyl sites for hydroxylation is 1. The standard InChI is InChI=1S/C28H25NO4/c1-17-8-10-20(11-9-17)25-24(26(30)21-12-13-23-22(15-21)14-18(2)33-23)27(31)28(32)29(25)16-19-6-4-3-5-7-19/h3-13,15,18,25,30H,14,16H2,1-2H3/b26-24+/t18-,25-/m1/s1. The fraction of sp³-hybridized carbons (Fsp3) is 0.214. The molecule has 1 N–H and O–H groups in total. The van der Waals surface area contributed by atoms with Crippen LogP contribution in [0.1, 0.15) is 40.8 Å². The van der Waals surface area contributed by atoms with Gasteiger partial charge >= 0.3 is 0 Å². The second-order valence-electron chi connectivity index (χ2n) is 8.78. The van der Waals surface area contributed by atoms with E-state index in [4.69, 9.17) is 4.74 Å². The Morgan fingerprint density at radius 1 is 1.03 bits per heavy atom. The maximum atomic E-state index is 13.2. The van der Waals surface area contributed by atoms with Crippen LogP contribution in [0.4, 0.5) is 0 Å². The van der Waals surface area contributed by atoms with Crippen molar-refractivity contribution in [3.63, 3.8) is 0 Å². The van der Waals surface area contributed by atoms with Crippen LogP contribution in [0.25, 0.3) is 5.76 Å². The van der Waals surface area contributed by atoms with Gasteiger partial charge in [0.1, 0.15) is 17.6 Å². The minimum absolute atomic E-state index is 0.0707. The van der Waals surface area contributed by atoms with E-state index in [0.29, 0.717) is 5.56 Å². The maximum absolute atomic E-state index is 13.2. The molecule has 33 heavy (non-hydrogen) atoms. The smallest absolute Gasteiger partial charge is 0.295 e. The van der Waals surface area contributed by atoms with Crippen LogP contribution in [0.5, 0.6) is 5.75 Å². The van der Waals surface area contributed by atoms with Crippen molar-refractivity contribution in [2.75, 3.05) is 0 Å². The first-order chi connectivity index (χ1) is 15.9. The predicted octanol–water partition coefficient (Wildman–Crippen LogP) is 4.94. The van der Waals surface area contributed by atoms with Gasteiger partial charge in [-0.15, -0.1) is 0 Å². The summed E-state index contributed by atoms with van der Waals surface area (Å²) in [5.74, 6) is -0.640. The Labute approximate surface area is 192 Å². The van der Waals surface area contributed by atoms with Crippen LogP contribution < -0.4 is 4.74 Å². The van der Waals surface area contributed by atoms with Gasteiger partial charge in [-0.1, -0.05) is 60.2 Å². The van der Waals surface area contributed by atoms with Gasteiger partial charge in [0, 0.05) is 18.5 Å². The van der Waals surface area contributed by atoms with Gasteiger partial charge < -0.3 is 14.7 Å². The predicted molar refractivity (Wildman–Crippen MR) is 126 cm³/mol. The number of ether oxygens (including phenoxy) is 1. The molecule has 5 rings (SSSR count). The SMILES string of the molecule is Cc1ccc([C@@H]2/C(=C(\O)c3ccc4c(c3)C[C@@H](C)O4)C(=O)C(=O)N2Cc2ccccc2)cc1.